The Kier molecular flexibility index (Phi) is 3.43. The maximum atomic E-state index is 11.9. The fourth-order valence-electron chi connectivity index (χ4n) is 2.15. The van der Waals surface area contributed by atoms with Crippen molar-refractivity contribution < 1.29 is 0 Å². The zero-order valence-corrected chi connectivity index (χ0v) is 11.2. The number of anilines is 1. The minimum atomic E-state index is -0.223. The molecular formula is C12H18ClN3O. The Labute approximate surface area is 106 Å². The highest BCUT2D eigenvalue weighted by molar-refractivity contribution is 6.32. The van der Waals surface area contributed by atoms with Crippen LogP contribution in [0.4, 0.5) is 5.69 Å². The van der Waals surface area contributed by atoms with E-state index in [0.717, 1.165) is 18.8 Å². The molecule has 1 fully saturated rings. The van der Waals surface area contributed by atoms with E-state index in [1.54, 1.807) is 6.20 Å². The maximum absolute atomic E-state index is 11.9. The first-order valence-corrected chi connectivity index (χ1v) is 6.40. The molecule has 0 aliphatic heterocycles. The number of rotatable bonds is 3. The van der Waals surface area contributed by atoms with Gasteiger partial charge in [0.1, 0.15) is 5.02 Å². The summed E-state index contributed by atoms with van der Waals surface area (Å²) in [4.78, 5) is 11.9. The average molecular weight is 256 g/mol. The summed E-state index contributed by atoms with van der Waals surface area (Å²) in [6, 6.07) is 0.455. The summed E-state index contributed by atoms with van der Waals surface area (Å²) in [7, 11) is 0. The summed E-state index contributed by atoms with van der Waals surface area (Å²) >= 11 is 6.07. The van der Waals surface area contributed by atoms with E-state index < -0.39 is 0 Å². The first kappa shape index (κ1) is 12.4. The lowest BCUT2D eigenvalue weighted by Crippen LogP contribution is -2.35. The van der Waals surface area contributed by atoms with E-state index in [4.69, 9.17) is 11.6 Å². The van der Waals surface area contributed by atoms with E-state index in [-0.39, 0.29) is 16.6 Å². The molecule has 2 rings (SSSR count). The van der Waals surface area contributed by atoms with Crippen LogP contribution < -0.4 is 10.9 Å². The predicted molar refractivity (Wildman–Crippen MR) is 69.7 cm³/mol. The topological polar surface area (TPSA) is 46.9 Å². The molecule has 0 saturated heterocycles. The fraction of sp³-hybridized carbons (Fsp3) is 0.667. The molecule has 1 aliphatic rings. The smallest absolute Gasteiger partial charge is 0.287 e. The molecule has 1 saturated carbocycles. The largest absolute Gasteiger partial charge is 0.380 e. The number of nitrogens with one attached hydrogen (secondary N) is 1. The second-order valence-corrected chi connectivity index (χ2v) is 5.51. The van der Waals surface area contributed by atoms with Gasteiger partial charge in [0, 0.05) is 6.04 Å². The van der Waals surface area contributed by atoms with E-state index in [9.17, 15) is 4.79 Å². The summed E-state index contributed by atoms with van der Waals surface area (Å²) in [6.45, 7) is 6.03. The van der Waals surface area contributed by atoms with Gasteiger partial charge in [0.25, 0.3) is 5.56 Å². The van der Waals surface area contributed by atoms with Crippen LogP contribution in [0.15, 0.2) is 11.0 Å². The zero-order chi connectivity index (χ0) is 12.6. The van der Waals surface area contributed by atoms with Gasteiger partial charge in [-0.3, -0.25) is 4.79 Å². The molecule has 0 unspecified atom stereocenters. The normalized spacial score (nSPS) is 23.6. The maximum Gasteiger partial charge on any atom is 0.287 e. The second kappa shape index (κ2) is 4.69. The molecule has 94 valence electrons. The molecule has 1 aromatic rings. The molecule has 0 atom stereocenters. The Morgan fingerprint density at radius 1 is 1.53 bits per heavy atom. The van der Waals surface area contributed by atoms with E-state index in [1.165, 1.54) is 4.68 Å². The van der Waals surface area contributed by atoms with Crippen LogP contribution in [0, 0.1) is 5.92 Å². The Bertz CT molecular complexity index is 463. The first-order valence-electron chi connectivity index (χ1n) is 6.03. The van der Waals surface area contributed by atoms with Crippen LogP contribution in [-0.2, 0) is 0 Å². The van der Waals surface area contributed by atoms with E-state index in [0.29, 0.717) is 11.7 Å². The lowest BCUT2D eigenvalue weighted by Gasteiger charge is -2.34. The van der Waals surface area contributed by atoms with Crippen molar-refractivity contribution in [2.75, 3.05) is 5.32 Å². The van der Waals surface area contributed by atoms with Crippen LogP contribution >= 0.6 is 11.6 Å². The monoisotopic (exact) mass is 255 g/mol. The van der Waals surface area contributed by atoms with Gasteiger partial charge in [-0.1, -0.05) is 18.5 Å². The minimum Gasteiger partial charge on any atom is -0.380 e. The second-order valence-electron chi connectivity index (χ2n) is 5.13. The lowest BCUT2D eigenvalue weighted by atomic mass is 9.82. The van der Waals surface area contributed by atoms with Crippen LogP contribution in [0.2, 0.25) is 5.02 Å². The summed E-state index contributed by atoms with van der Waals surface area (Å²) in [5.74, 6) is 0.760. The molecule has 1 aliphatic carbocycles. The third kappa shape index (κ3) is 2.46. The van der Waals surface area contributed by atoms with Gasteiger partial charge in [-0.05, 0) is 32.6 Å². The van der Waals surface area contributed by atoms with Crippen molar-refractivity contribution in [3.8, 4) is 0 Å². The van der Waals surface area contributed by atoms with Gasteiger partial charge in [-0.15, -0.1) is 0 Å². The van der Waals surface area contributed by atoms with Gasteiger partial charge in [0.2, 0.25) is 0 Å². The lowest BCUT2D eigenvalue weighted by molar-refractivity contribution is 0.309. The summed E-state index contributed by atoms with van der Waals surface area (Å²) in [6.07, 6.45) is 3.90. The molecule has 0 aromatic carbocycles. The van der Waals surface area contributed by atoms with Crippen molar-refractivity contribution in [2.45, 2.75) is 45.7 Å². The van der Waals surface area contributed by atoms with E-state index in [1.807, 2.05) is 13.8 Å². The molecule has 1 aromatic heterocycles. The molecule has 5 heteroatoms. The van der Waals surface area contributed by atoms with E-state index >= 15 is 0 Å². The van der Waals surface area contributed by atoms with Gasteiger partial charge < -0.3 is 5.32 Å². The van der Waals surface area contributed by atoms with Crippen molar-refractivity contribution >= 4 is 17.3 Å². The summed E-state index contributed by atoms with van der Waals surface area (Å²) in [5.41, 5.74) is 0.435. The van der Waals surface area contributed by atoms with Crippen molar-refractivity contribution in [2.24, 2.45) is 5.92 Å². The third-order valence-electron chi connectivity index (χ3n) is 3.17. The van der Waals surface area contributed by atoms with Gasteiger partial charge >= 0.3 is 0 Å². The average Bonchev–Trinajstić information content (AvgIpc) is 2.22. The SMILES string of the molecule is CC1CC(Nc2cnn(C(C)C)c(=O)c2Cl)C1. The van der Waals surface area contributed by atoms with E-state index in [2.05, 4.69) is 17.3 Å². The third-order valence-corrected chi connectivity index (χ3v) is 3.53. The number of aromatic nitrogens is 2. The van der Waals surface area contributed by atoms with Crippen LogP contribution in [0.3, 0.4) is 0 Å². The van der Waals surface area contributed by atoms with Crippen molar-refractivity contribution in [3.05, 3.63) is 21.6 Å². The Morgan fingerprint density at radius 2 is 2.18 bits per heavy atom. The van der Waals surface area contributed by atoms with Gasteiger partial charge in [0.05, 0.1) is 17.9 Å². The number of halogens is 1. The molecule has 0 amide bonds. The highest BCUT2D eigenvalue weighted by Gasteiger charge is 2.26. The number of hydrogen-bond donors (Lipinski definition) is 1. The first-order chi connectivity index (χ1) is 7.99. The molecule has 0 bridgehead atoms. The highest BCUT2D eigenvalue weighted by atomic mass is 35.5. The Morgan fingerprint density at radius 3 is 2.71 bits per heavy atom. The molecule has 1 N–H and O–H groups in total. The van der Waals surface area contributed by atoms with Crippen LogP contribution in [-0.4, -0.2) is 15.8 Å². The molecule has 4 nitrogen and oxygen atoms in total. The Hall–Kier alpha value is -1.03. The summed E-state index contributed by atoms with van der Waals surface area (Å²) in [5, 5.41) is 7.65. The molecule has 0 radical (unpaired) electrons. The fourth-order valence-corrected chi connectivity index (χ4v) is 2.34. The predicted octanol–water partition coefficient (Wildman–Crippen LogP) is 2.69. The number of hydrogen-bond acceptors (Lipinski definition) is 3. The van der Waals surface area contributed by atoms with Crippen LogP contribution in [0.5, 0.6) is 0 Å². The molecular weight excluding hydrogens is 238 g/mol. The summed E-state index contributed by atoms with van der Waals surface area (Å²) < 4.78 is 1.40. The van der Waals surface area contributed by atoms with Crippen LogP contribution in [0.1, 0.15) is 39.7 Å². The minimum absolute atomic E-state index is 0.0257. The molecule has 17 heavy (non-hydrogen) atoms. The van der Waals surface area contributed by atoms with Gasteiger partial charge in [-0.2, -0.15) is 5.10 Å². The highest BCUT2D eigenvalue weighted by Crippen LogP contribution is 2.30. The van der Waals surface area contributed by atoms with Crippen molar-refractivity contribution in [3.63, 3.8) is 0 Å². The quantitative estimate of drug-likeness (QED) is 0.903. The van der Waals surface area contributed by atoms with Crippen LogP contribution in [0.25, 0.3) is 0 Å². The number of nitrogens with zero attached hydrogens (tertiary/aromatic N) is 2. The Balaban J connectivity index is 2.19. The van der Waals surface area contributed by atoms with Crippen molar-refractivity contribution in [1.29, 1.82) is 0 Å². The van der Waals surface area contributed by atoms with Crippen molar-refractivity contribution in [1.82, 2.24) is 9.78 Å². The standard InChI is InChI=1S/C12H18ClN3O/c1-7(2)16-12(17)11(13)10(6-14-16)15-9-4-8(3)5-9/h6-9,15H,4-5H2,1-3H3. The molecule has 1 heterocycles. The zero-order valence-electron chi connectivity index (χ0n) is 10.4. The van der Waals surface area contributed by atoms with Gasteiger partial charge in [-0.25, -0.2) is 4.68 Å². The molecule has 0 spiro atoms. The van der Waals surface area contributed by atoms with Gasteiger partial charge in [0.15, 0.2) is 0 Å².